The van der Waals surface area contributed by atoms with Crippen LogP contribution in [0.25, 0.3) is 6.08 Å². The first-order valence-corrected chi connectivity index (χ1v) is 7.08. The van der Waals surface area contributed by atoms with Gasteiger partial charge in [-0.25, -0.2) is 4.79 Å². The van der Waals surface area contributed by atoms with E-state index in [4.69, 9.17) is 4.74 Å². The van der Waals surface area contributed by atoms with Crippen molar-refractivity contribution < 1.29 is 14.3 Å². The fourth-order valence-electron chi connectivity index (χ4n) is 2.11. The van der Waals surface area contributed by atoms with E-state index in [0.29, 0.717) is 0 Å². The maximum absolute atomic E-state index is 12.3. The van der Waals surface area contributed by atoms with Gasteiger partial charge in [0.05, 0.1) is 5.41 Å². The van der Waals surface area contributed by atoms with Gasteiger partial charge in [-0.1, -0.05) is 51.1 Å². The van der Waals surface area contributed by atoms with E-state index >= 15 is 0 Å². The van der Waals surface area contributed by atoms with E-state index in [-0.39, 0.29) is 12.4 Å². The summed E-state index contributed by atoms with van der Waals surface area (Å²) in [4.78, 5) is 24.0. The van der Waals surface area contributed by atoms with E-state index in [1.165, 1.54) is 6.08 Å². The maximum atomic E-state index is 12.3. The molecular weight excluding hydrogens is 264 g/mol. The summed E-state index contributed by atoms with van der Waals surface area (Å²) in [5.74, 6) is -0.358. The lowest BCUT2D eigenvalue weighted by molar-refractivity contribution is -0.147. The van der Waals surface area contributed by atoms with Gasteiger partial charge >= 0.3 is 5.97 Å². The summed E-state index contributed by atoms with van der Waals surface area (Å²) < 4.78 is 5.20. The zero-order valence-corrected chi connectivity index (χ0v) is 13.5. The molecule has 0 atom stereocenters. The largest absolute Gasteiger partial charge is 0.461 e. The predicted octanol–water partition coefficient (Wildman–Crippen LogP) is 3.88. The number of ether oxygens (including phenoxy) is 1. The van der Waals surface area contributed by atoms with Gasteiger partial charge in [0.25, 0.3) is 0 Å². The molecule has 0 amide bonds. The molecule has 0 spiro atoms. The van der Waals surface area contributed by atoms with Gasteiger partial charge in [-0.3, -0.25) is 4.79 Å². The van der Waals surface area contributed by atoms with Crippen LogP contribution in [0.15, 0.2) is 36.4 Å². The molecule has 0 unspecified atom stereocenters. The Balaban J connectivity index is 2.57. The molecule has 114 valence electrons. The van der Waals surface area contributed by atoms with Crippen LogP contribution in [-0.2, 0) is 14.3 Å². The number of ketones is 1. The summed E-state index contributed by atoms with van der Waals surface area (Å²) >= 11 is 0. The van der Waals surface area contributed by atoms with Gasteiger partial charge in [0, 0.05) is 11.5 Å². The average Bonchev–Trinajstić information content (AvgIpc) is 2.42. The molecule has 0 aliphatic heterocycles. The fourth-order valence-corrected chi connectivity index (χ4v) is 2.11. The summed E-state index contributed by atoms with van der Waals surface area (Å²) in [7, 11) is 0. The third-order valence-electron chi connectivity index (χ3n) is 3.08. The molecule has 1 aromatic carbocycles. The van der Waals surface area contributed by atoms with Gasteiger partial charge in [-0.15, -0.1) is 0 Å². The fraction of sp³-hybridized carbons (Fsp3) is 0.444. The highest BCUT2D eigenvalue weighted by atomic mass is 16.5. The first-order valence-electron chi connectivity index (χ1n) is 7.08. The number of carbonyl (C=O) groups excluding carboxylic acids is 2. The van der Waals surface area contributed by atoms with Crippen molar-refractivity contribution in [3.8, 4) is 0 Å². The summed E-state index contributed by atoms with van der Waals surface area (Å²) in [5, 5.41) is 0. The Morgan fingerprint density at radius 1 is 1.05 bits per heavy atom. The molecule has 0 aliphatic carbocycles. The normalized spacial score (nSPS) is 12.4. The molecular formula is C18H24O3. The monoisotopic (exact) mass is 288 g/mol. The van der Waals surface area contributed by atoms with Crippen LogP contribution in [0.5, 0.6) is 0 Å². The highest BCUT2D eigenvalue weighted by Gasteiger charge is 2.36. The van der Waals surface area contributed by atoms with Crippen LogP contribution in [-0.4, -0.2) is 18.4 Å². The third-order valence-corrected chi connectivity index (χ3v) is 3.08. The second kappa shape index (κ2) is 6.70. The molecule has 21 heavy (non-hydrogen) atoms. The third kappa shape index (κ3) is 5.54. The lowest BCUT2D eigenvalue weighted by Gasteiger charge is -2.29. The first-order chi connectivity index (χ1) is 9.63. The number of rotatable bonds is 5. The Labute approximate surface area is 127 Å². The van der Waals surface area contributed by atoms with Gasteiger partial charge < -0.3 is 4.74 Å². The molecule has 3 nitrogen and oxygen atoms in total. The topological polar surface area (TPSA) is 43.4 Å². The molecule has 0 heterocycles. The Hall–Kier alpha value is -1.90. The molecule has 0 bridgehead atoms. The number of benzene rings is 1. The lowest BCUT2D eigenvalue weighted by Crippen LogP contribution is -2.38. The van der Waals surface area contributed by atoms with Gasteiger partial charge in [0.1, 0.15) is 12.4 Å². The number of Topliss-reactive ketones (excluding diaryl/α,β-unsaturated/α-hetero) is 1. The Bertz CT molecular complexity index is 519. The molecule has 1 aromatic rings. The van der Waals surface area contributed by atoms with Gasteiger partial charge in [-0.2, -0.15) is 0 Å². The van der Waals surface area contributed by atoms with Crippen LogP contribution in [0.3, 0.4) is 0 Å². The average molecular weight is 288 g/mol. The van der Waals surface area contributed by atoms with E-state index in [0.717, 1.165) is 5.56 Å². The quantitative estimate of drug-likeness (QED) is 0.610. The highest BCUT2D eigenvalue weighted by Crippen LogP contribution is 2.29. The van der Waals surface area contributed by atoms with Crippen molar-refractivity contribution >= 4 is 17.8 Å². The van der Waals surface area contributed by atoms with Gasteiger partial charge in [-0.05, 0) is 25.5 Å². The van der Waals surface area contributed by atoms with Crippen LogP contribution < -0.4 is 0 Å². The number of hydrogen-bond donors (Lipinski definition) is 0. The molecule has 0 radical (unpaired) electrons. The summed E-state index contributed by atoms with van der Waals surface area (Å²) in [5.41, 5.74) is -0.205. The second-order valence-electron chi connectivity index (χ2n) is 6.81. The maximum Gasteiger partial charge on any atom is 0.330 e. The van der Waals surface area contributed by atoms with Crippen molar-refractivity contribution in [2.75, 3.05) is 6.61 Å². The van der Waals surface area contributed by atoms with Crippen molar-refractivity contribution in [3.63, 3.8) is 0 Å². The van der Waals surface area contributed by atoms with Crippen molar-refractivity contribution in [1.29, 1.82) is 0 Å². The van der Waals surface area contributed by atoms with Crippen molar-refractivity contribution in [3.05, 3.63) is 42.0 Å². The van der Waals surface area contributed by atoms with Crippen LogP contribution in [0.2, 0.25) is 0 Å². The number of esters is 1. The minimum atomic E-state index is -0.686. The lowest BCUT2D eigenvalue weighted by atomic mass is 9.75. The Kier molecular flexibility index (Phi) is 5.47. The second-order valence-corrected chi connectivity index (χ2v) is 6.81. The number of carbonyl (C=O) groups is 2. The summed E-state index contributed by atoms with van der Waals surface area (Å²) in [6.45, 7) is 9.29. The van der Waals surface area contributed by atoms with E-state index in [9.17, 15) is 9.59 Å². The molecule has 0 saturated heterocycles. The van der Waals surface area contributed by atoms with E-state index < -0.39 is 16.8 Å². The number of hydrogen-bond acceptors (Lipinski definition) is 3. The summed E-state index contributed by atoms with van der Waals surface area (Å²) in [6.07, 6.45) is 3.08. The minimum Gasteiger partial charge on any atom is -0.461 e. The van der Waals surface area contributed by atoms with Crippen LogP contribution >= 0.6 is 0 Å². The molecule has 0 N–H and O–H groups in total. The van der Waals surface area contributed by atoms with Crippen LogP contribution in [0.4, 0.5) is 0 Å². The van der Waals surface area contributed by atoms with E-state index in [1.807, 2.05) is 51.1 Å². The van der Waals surface area contributed by atoms with Gasteiger partial charge in [0.2, 0.25) is 0 Å². The van der Waals surface area contributed by atoms with Crippen LogP contribution in [0.1, 0.15) is 40.2 Å². The van der Waals surface area contributed by atoms with E-state index in [1.54, 1.807) is 19.9 Å². The Morgan fingerprint density at radius 3 is 2.14 bits per heavy atom. The van der Waals surface area contributed by atoms with Crippen molar-refractivity contribution in [1.82, 2.24) is 0 Å². The molecule has 0 aliphatic rings. The Morgan fingerprint density at radius 2 is 1.62 bits per heavy atom. The molecule has 1 rings (SSSR count). The highest BCUT2D eigenvalue weighted by molar-refractivity contribution is 5.90. The summed E-state index contributed by atoms with van der Waals surface area (Å²) in [6, 6.07) is 9.51. The zero-order valence-electron chi connectivity index (χ0n) is 13.5. The van der Waals surface area contributed by atoms with Gasteiger partial charge in [0.15, 0.2) is 0 Å². The van der Waals surface area contributed by atoms with Crippen molar-refractivity contribution in [2.24, 2.45) is 10.8 Å². The first kappa shape index (κ1) is 17.2. The smallest absolute Gasteiger partial charge is 0.330 e. The molecule has 0 fully saturated rings. The SMILES string of the molecule is CC(C)(C)C(=O)C(C)(C)COC(=O)/C=C/c1ccccc1. The molecule has 0 saturated carbocycles. The standard InChI is InChI=1S/C18H24O3/c1-17(2,3)16(20)18(4,5)13-21-15(19)12-11-14-9-7-6-8-10-14/h6-12H,13H2,1-5H3/b12-11+. The molecule has 3 heteroatoms. The van der Waals surface area contributed by atoms with Crippen LogP contribution in [0, 0.1) is 10.8 Å². The zero-order chi connectivity index (χ0) is 16.1. The predicted molar refractivity (Wildman–Crippen MR) is 84.7 cm³/mol. The van der Waals surface area contributed by atoms with Crippen molar-refractivity contribution in [2.45, 2.75) is 34.6 Å². The van der Waals surface area contributed by atoms with E-state index in [2.05, 4.69) is 0 Å². The minimum absolute atomic E-state index is 0.0786. The molecule has 0 aromatic heterocycles.